The van der Waals surface area contributed by atoms with E-state index in [0.29, 0.717) is 18.8 Å². The number of aromatic amines is 1. The Hall–Kier alpha value is -1.33. The SMILES string of the molecule is CCCN(CCO)C(=O)c1cc2ccc(Br)cc2[nH]1. The van der Waals surface area contributed by atoms with Crippen molar-refractivity contribution < 1.29 is 9.90 Å². The molecule has 0 aliphatic heterocycles. The van der Waals surface area contributed by atoms with Gasteiger partial charge in [-0.05, 0) is 24.6 Å². The van der Waals surface area contributed by atoms with E-state index in [1.54, 1.807) is 4.90 Å². The lowest BCUT2D eigenvalue weighted by molar-refractivity contribution is 0.0717. The Kier molecular flexibility index (Phi) is 4.61. The predicted octanol–water partition coefficient (Wildman–Crippen LogP) is 2.77. The monoisotopic (exact) mass is 324 g/mol. The van der Waals surface area contributed by atoms with Gasteiger partial charge in [0.1, 0.15) is 5.69 Å². The molecule has 0 saturated heterocycles. The van der Waals surface area contributed by atoms with Gasteiger partial charge in [-0.3, -0.25) is 4.79 Å². The van der Waals surface area contributed by atoms with Crippen LogP contribution in [0.2, 0.25) is 0 Å². The van der Waals surface area contributed by atoms with Crippen molar-refractivity contribution in [3.05, 3.63) is 34.4 Å². The first-order valence-electron chi connectivity index (χ1n) is 6.34. The van der Waals surface area contributed by atoms with E-state index >= 15 is 0 Å². The van der Waals surface area contributed by atoms with Gasteiger partial charge < -0.3 is 15.0 Å². The van der Waals surface area contributed by atoms with Gasteiger partial charge in [0.15, 0.2) is 0 Å². The Morgan fingerprint density at radius 1 is 1.37 bits per heavy atom. The molecule has 1 aromatic carbocycles. The molecule has 19 heavy (non-hydrogen) atoms. The van der Waals surface area contributed by atoms with Crippen LogP contribution in [-0.4, -0.2) is 40.6 Å². The molecule has 102 valence electrons. The summed E-state index contributed by atoms with van der Waals surface area (Å²) < 4.78 is 0.974. The number of hydrogen-bond acceptors (Lipinski definition) is 2. The summed E-state index contributed by atoms with van der Waals surface area (Å²) in [6.07, 6.45) is 0.873. The van der Waals surface area contributed by atoms with E-state index in [1.807, 2.05) is 31.2 Å². The highest BCUT2D eigenvalue weighted by atomic mass is 79.9. The maximum absolute atomic E-state index is 12.4. The number of carbonyl (C=O) groups is 1. The molecule has 0 radical (unpaired) electrons. The van der Waals surface area contributed by atoms with E-state index in [0.717, 1.165) is 21.8 Å². The lowest BCUT2D eigenvalue weighted by Crippen LogP contribution is -2.34. The Balaban J connectivity index is 2.29. The third-order valence-electron chi connectivity index (χ3n) is 2.97. The average molecular weight is 325 g/mol. The Morgan fingerprint density at radius 2 is 2.16 bits per heavy atom. The first kappa shape index (κ1) is 14.1. The lowest BCUT2D eigenvalue weighted by atomic mass is 10.2. The van der Waals surface area contributed by atoms with Crippen molar-refractivity contribution in [2.75, 3.05) is 19.7 Å². The standard InChI is InChI=1S/C14H17BrN2O2/c1-2-5-17(6-7-18)14(19)13-8-10-3-4-11(15)9-12(10)16-13/h3-4,8-9,16,18H,2,5-7H2,1H3. The number of hydrogen-bond donors (Lipinski definition) is 2. The molecule has 0 spiro atoms. The number of fused-ring (bicyclic) bond motifs is 1. The van der Waals surface area contributed by atoms with Crippen molar-refractivity contribution in [2.24, 2.45) is 0 Å². The van der Waals surface area contributed by atoms with Gasteiger partial charge in [-0.1, -0.05) is 28.9 Å². The summed E-state index contributed by atoms with van der Waals surface area (Å²) >= 11 is 3.41. The van der Waals surface area contributed by atoms with E-state index in [1.165, 1.54) is 0 Å². The summed E-state index contributed by atoms with van der Waals surface area (Å²) in [7, 11) is 0. The molecule has 0 aliphatic carbocycles. The molecule has 0 bridgehead atoms. The first-order valence-corrected chi connectivity index (χ1v) is 7.13. The van der Waals surface area contributed by atoms with Crippen molar-refractivity contribution in [3.8, 4) is 0 Å². The van der Waals surface area contributed by atoms with Crippen LogP contribution in [0.4, 0.5) is 0 Å². The molecule has 0 fully saturated rings. The van der Waals surface area contributed by atoms with Crippen LogP contribution >= 0.6 is 15.9 Å². The number of aromatic nitrogens is 1. The molecule has 2 rings (SSSR count). The number of nitrogens with zero attached hydrogens (tertiary/aromatic N) is 1. The van der Waals surface area contributed by atoms with Gasteiger partial charge in [0, 0.05) is 28.5 Å². The lowest BCUT2D eigenvalue weighted by Gasteiger charge is -2.20. The summed E-state index contributed by atoms with van der Waals surface area (Å²) in [5.74, 6) is -0.0665. The number of rotatable bonds is 5. The number of halogens is 1. The van der Waals surface area contributed by atoms with Gasteiger partial charge >= 0.3 is 0 Å². The number of nitrogens with one attached hydrogen (secondary N) is 1. The van der Waals surface area contributed by atoms with Crippen LogP contribution < -0.4 is 0 Å². The van der Waals surface area contributed by atoms with E-state index in [-0.39, 0.29) is 12.5 Å². The molecule has 0 aliphatic rings. The minimum atomic E-state index is -0.0665. The molecule has 5 heteroatoms. The van der Waals surface area contributed by atoms with Crippen LogP contribution in [0.15, 0.2) is 28.7 Å². The van der Waals surface area contributed by atoms with Crippen molar-refractivity contribution in [1.82, 2.24) is 9.88 Å². The third kappa shape index (κ3) is 3.16. The van der Waals surface area contributed by atoms with Gasteiger partial charge in [0.2, 0.25) is 0 Å². The van der Waals surface area contributed by atoms with Crippen molar-refractivity contribution in [2.45, 2.75) is 13.3 Å². The van der Waals surface area contributed by atoms with Crippen molar-refractivity contribution in [3.63, 3.8) is 0 Å². The second kappa shape index (κ2) is 6.21. The molecular formula is C14H17BrN2O2. The molecule has 1 heterocycles. The highest BCUT2D eigenvalue weighted by Gasteiger charge is 2.16. The minimum Gasteiger partial charge on any atom is -0.395 e. The van der Waals surface area contributed by atoms with Crippen molar-refractivity contribution in [1.29, 1.82) is 0 Å². The molecule has 1 aromatic heterocycles. The van der Waals surface area contributed by atoms with Gasteiger partial charge in [0.05, 0.1) is 6.61 Å². The number of aliphatic hydroxyl groups is 1. The maximum Gasteiger partial charge on any atom is 0.270 e. The summed E-state index contributed by atoms with van der Waals surface area (Å²) in [5.41, 5.74) is 1.49. The number of carbonyl (C=O) groups excluding carboxylic acids is 1. The van der Waals surface area contributed by atoms with Gasteiger partial charge in [-0.15, -0.1) is 0 Å². The van der Waals surface area contributed by atoms with Gasteiger partial charge in [0.25, 0.3) is 5.91 Å². The van der Waals surface area contributed by atoms with E-state index in [9.17, 15) is 4.79 Å². The van der Waals surface area contributed by atoms with Crippen molar-refractivity contribution >= 4 is 32.7 Å². The fraction of sp³-hybridized carbons (Fsp3) is 0.357. The molecule has 0 unspecified atom stereocenters. The molecule has 1 amide bonds. The molecule has 2 N–H and O–H groups in total. The topological polar surface area (TPSA) is 56.3 Å². The quantitative estimate of drug-likeness (QED) is 0.888. The average Bonchev–Trinajstić information content (AvgIpc) is 2.80. The highest BCUT2D eigenvalue weighted by Crippen LogP contribution is 2.21. The Morgan fingerprint density at radius 3 is 2.84 bits per heavy atom. The zero-order chi connectivity index (χ0) is 13.8. The van der Waals surface area contributed by atoms with E-state index < -0.39 is 0 Å². The minimum absolute atomic E-state index is 0.0164. The second-order valence-corrected chi connectivity index (χ2v) is 5.35. The highest BCUT2D eigenvalue weighted by molar-refractivity contribution is 9.10. The summed E-state index contributed by atoms with van der Waals surface area (Å²) in [6, 6.07) is 7.71. The number of aliphatic hydroxyl groups excluding tert-OH is 1. The summed E-state index contributed by atoms with van der Waals surface area (Å²) in [5, 5.41) is 10.0. The van der Waals surface area contributed by atoms with Gasteiger partial charge in [-0.2, -0.15) is 0 Å². The van der Waals surface area contributed by atoms with E-state index in [2.05, 4.69) is 20.9 Å². The molecule has 2 aromatic rings. The first-order chi connectivity index (χ1) is 9.15. The smallest absolute Gasteiger partial charge is 0.270 e. The van der Waals surface area contributed by atoms with Crippen LogP contribution in [0.3, 0.4) is 0 Å². The zero-order valence-electron chi connectivity index (χ0n) is 10.8. The summed E-state index contributed by atoms with van der Waals surface area (Å²) in [4.78, 5) is 17.1. The molecule has 4 nitrogen and oxygen atoms in total. The molecule has 0 atom stereocenters. The van der Waals surface area contributed by atoms with Crippen LogP contribution in [0.1, 0.15) is 23.8 Å². The number of benzene rings is 1. The fourth-order valence-corrected chi connectivity index (χ4v) is 2.45. The normalized spacial score (nSPS) is 10.9. The molecule has 0 saturated carbocycles. The maximum atomic E-state index is 12.4. The summed E-state index contributed by atoms with van der Waals surface area (Å²) in [6.45, 7) is 3.02. The zero-order valence-corrected chi connectivity index (χ0v) is 12.4. The Bertz CT molecular complexity index is 574. The fourth-order valence-electron chi connectivity index (χ4n) is 2.09. The number of amides is 1. The number of H-pyrrole nitrogens is 1. The molecular weight excluding hydrogens is 308 g/mol. The largest absolute Gasteiger partial charge is 0.395 e. The van der Waals surface area contributed by atoms with Gasteiger partial charge in [-0.25, -0.2) is 0 Å². The second-order valence-electron chi connectivity index (χ2n) is 4.43. The van der Waals surface area contributed by atoms with E-state index in [4.69, 9.17) is 5.11 Å². The Labute approximate surface area is 120 Å². The third-order valence-corrected chi connectivity index (χ3v) is 3.46. The predicted molar refractivity (Wildman–Crippen MR) is 79.3 cm³/mol. The van der Waals surface area contributed by atoms with Crippen LogP contribution in [0.25, 0.3) is 10.9 Å². The van der Waals surface area contributed by atoms with Crippen LogP contribution in [-0.2, 0) is 0 Å². The van der Waals surface area contributed by atoms with Crippen LogP contribution in [0, 0.1) is 0 Å². The van der Waals surface area contributed by atoms with Crippen LogP contribution in [0.5, 0.6) is 0 Å².